The fourth-order valence-electron chi connectivity index (χ4n) is 1.88. The van der Waals surface area contributed by atoms with Crippen molar-refractivity contribution in [3.05, 3.63) is 17.5 Å². The summed E-state index contributed by atoms with van der Waals surface area (Å²) in [5.41, 5.74) is 0.924. The van der Waals surface area contributed by atoms with Gasteiger partial charge in [0.2, 0.25) is 0 Å². The summed E-state index contributed by atoms with van der Waals surface area (Å²) >= 11 is 1.72. The van der Waals surface area contributed by atoms with Gasteiger partial charge in [0.15, 0.2) is 5.76 Å². The number of methoxy groups -OCH3 is 1. The largest absolute Gasteiger partial charge is 0.481 e. The highest BCUT2D eigenvalue weighted by molar-refractivity contribution is 7.98. The molecule has 1 aromatic rings. The average molecular weight is 271 g/mol. The molecule has 0 spiro atoms. The zero-order chi connectivity index (χ0) is 13.0. The maximum atomic E-state index is 10.7. The van der Waals surface area contributed by atoms with Gasteiger partial charge >= 0.3 is 5.97 Å². The van der Waals surface area contributed by atoms with E-state index < -0.39 is 5.97 Å². The Bertz CT molecular complexity index is 414. The Morgan fingerprint density at radius 2 is 2.44 bits per heavy atom. The molecule has 1 fully saturated rings. The maximum absolute atomic E-state index is 10.7. The summed E-state index contributed by atoms with van der Waals surface area (Å²) in [7, 11) is 1.61. The Morgan fingerprint density at radius 3 is 3.06 bits per heavy atom. The zero-order valence-electron chi connectivity index (χ0n) is 10.3. The number of hydrogen-bond acceptors (Lipinski definition) is 5. The molecule has 1 aromatic heterocycles. The molecule has 0 aromatic carbocycles. The highest BCUT2D eigenvalue weighted by Gasteiger charge is 2.44. The van der Waals surface area contributed by atoms with Crippen molar-refractivity contribution in [2.45, 2.75) is 31.6 Å². The number of aliphatic carboxylic acids is 1. The molecule has 0 amide bonds. The van der Waals surface area contributed by atoms with E-state index in [9.17, 15) is 4.79 Å². The molecule has 0 saturated heterocycles. The summed E-state index contributed by atoms with van der Waals surface area (Å²) < 4.78 is 10.0. The van der Waals surface area contributed by atoms with Crippen molar-refractivity contribution in [3.8, 4) is 0 Å². The molecule has 1 N–H and O–H groups in total. The van der Waals surface area contributed by atoms with Crippen LogP contribution in [0.15, 0.2) is 10.6 Å². The molecule has 1 aliphatic rings. The fraction of sp³-hybridized carbons (Fsp3) is 0.667. The lowest BCUT2D eigenvalue weighted by molar-refractivity contribution is -0.138. The molecule has 100 valence electrons. The molecule has 18 heavy (non-hydrogen) atoms. The van der Waals surface area contributed by atoms with Crippen LogP contribution in [0.2, 0.25) is 0 Å². The lowest BCUT2D eigenvalue weighted by Gasteiger charge is -2.10. The number of aromatic nitrogens is 1. The van der Waals surface area contributed by atoms with Crippen molar-refractivity contribution in [2.75, 3.05) is 12.9 Å². The molecule has 6 heteroatoms. The van der Waals surface area contributed by atoms with E-state index in [-0.39, 0.29) is 11.8 Å². The minimum atomic E-state index is -0.697. The van der Waals surface area contributed by atoms with E-state index in [4.69, 9.17) is 14.4 Å². The third-order valence-electron chi connectivity index (χ3n) is 3.04. The van der Waals surface area contributed by atoms with Gasteiger partial charge in [-0.25, -0.2) is 0 Å². The molecule has 1 saturated carbocycles. The van der Waals surface area contributed by atoms with E-state index in [1.54, 1.807) is 18.9 Å². The Kier molecular flexibility index (Phi) is 4.29. The number of carbonyl (C=O) groups is 1. The molecule has 5 nitrogen and oxygen atoms in total. The van der Waals surface area contributed by atoms with E-state index in [0.29, 0.717) is 6.61 Å². The van der Waals surface area contributed by atoms with E-state index >= 15 is 0 Å². The van der Waals surface area contributed by atoms with Gasteiger partial charge in [0.05, 0.1) is 12.1 Å². The van der Waals surface area contributed by atoms with E-state index in [2.05, 4.69) is 5.16 Å². The highest BCUT2D eigenvalue weighted by Crippen LogP contribution is 2.51. The third-order valence-corrected chi connectivity index (χ3v) is 4.35. The first kappa shape index (κ1) is 13.4. The van der Waals surface area contributed by atoms with Crippen LogP contribution in [0, 0.1) is 5.41 Å². The molecule has 1 heterocycles. The van der Waals surface area contributed by atoms with Crippen molar-refractivity contribution in [2.24, 2.45) is 5.41 Å². The molecular weight excluding hydrogens is 254 g/mol. The minimum Gasteiger partial charge on any atom is -0.481 e. The number of carboxylic acids is 1. The number of hydrogen-bond donors (Lipinski definition) is 1. The molecule has 0 bridgehead atoms. The van der Waals surface area contributed by atoms with Crippen LogP contribution in [0.5, 0.6) is 0 Å². The quantitative estimate of drug-likeness (QED) is 0.782. The summed E-state index contributed by atoms with van der Waals surface area (Å²) in [4.78, 5) is 10.7. The van der Waals surface area contributed by atoms with Crippen LogP contribution in [-0.2, 0) is 21.9 Å². The summed E-state index contributed by atoms with van der Waals surface area (Å²) in [5, 5.41) is 12.8. The Labute approximate surface area is 110 Å². The van der Waals surface area contributed by atoms with Gasteiger partial charge in [-0.05, 0) is 24.0 Å². The minimum absolute atomic E-state index is 0.0373. The Morgan fingerprint density at radius 1 is 1.67 bits per heavy atom. The standard InChI is InChI=1S/C12H17NO4S/c1-16-6-10-4-9(13-17-10)7-18-8-12(2-3-12)5-11(14)15/h4H,2-3,5-8H2,1H3,(H,14,15). The molecule has 1 aliphatic carbocycles. The van der Waals surface area contributed by atoms with Gasteiger partial charge in [-0.1, -0.05) is 5.16 Å². The van der Waals surface area contributed by atoms with Gasteiger partial charge < -0.3 is 14.4 Å². The number of rotatable bonds is 8. The molecular formula is C12H17NO4S. The van der Waals surface area contributed by atoms with Crippen LogP contribution in [0.4, 0.5) is 0 Å². The number of ether oxygens (including phenoxy) is 1. The van der Waals surface area contributed by atoms with Crippen molar-refractivity contribution >= 4 is 17.7 Å². The predicted molar refractivity (Wildman–Crippen MR) is 67.3 cm³/mol. The van der Waals surface area contributed by atoms with Crippen LogP contribution >= 0.6 is 11.8 Å². The van der Waals surface area contributed by atoms with Crippen molar-refractivity contribution in [1.82, 2.24) is 5.16 Å². The summed E-state index contributed by atoms with van der Waals surface area (Å²) in [6, 6.07) is 1.88. The maximum Gasteiger partial charge on any atom is 0.303 e. The first-order valence-corrected chi connectivity index (χ1v) is 7.02. The second-order valence-electron chi connectivity index (χ2n) is 4.78. The summed E-state index contributed by atoms with van der Waals surface area (Å²) in [6.07, 6.45) is 2.34. The molecule has 0 unspecified atom stereocenters. The number of thioether (sulfide) groups is 1. The van der Waals surface area contributed by atoms with Gasteiger partial charge in [0.1, 0.15) is 6.61 Å². The van der Waals surface area contributed by atoms with Gasteiger partial charge in [0.25, 0.3) is 0 Å². The second-order valence-corrected chi connectivity index (χ2v) is 5.77. The summed E-state index contributed by atoms with van der Waals surface area (Å²) in [6.45, 7) is 0.431. The van der Waals surface area contributed by atoms with Crippen LogP contribution in [0.1, 0.15) is 30.7 Å². The van der Waals surface area contributed by atoms with Crippen LogP contribution < -0.4 is 0 Å². The van der Waals surface area contributed by atoms with Crippen molar-refractivity contribution in [1.29, 1.82) is 0 Å². The molecule has 0 atom stereocenters. The van der Waals surface area contributed by atoms with Crippen LogP contribution in [-0.4, -0.2) is 29.1 Å². The van der Waals surface area contributed by atoms with E-state index in [1.807, 2.05) is 6.07 Å². The number of carboxylic acid groups (broad SMARTS) is 1. The van der Waals surface area contributed by atoms with Gasteiger partial charge in [0, 0.05) is 18.9 Å². The topological polar surface area (TPSA) is 72.6 Å². The molecule has 0 radical (unpaired) electrons. The number of nitrogens with zero attached hydrogens (tertiary/aromatic N) is 1. The normalized spacial score (nSPS) is 16.7. The highest BCUT2D eigenvalue weighted by atomic mass is 32.2. The van der Waals surface area contributed by atoms with Crippen LogP contribution in [0.25, 0.3) is 0 Å². The third kappa shape index (κ3) is 3.74. The average Bonchev–Trinajstić information content (AvgIpc) is 2.89. The smallest absolute Gasteiger partial charge is 0.303 e. The predicted octanol–water partition coefficient (Wildman–Crippen LogP) is 2.31. The molecule has 0 aliphatic heterocycles. The van der Waals surface area contributed by atoms with Gasteiger partial charge in [-0.2, -0.15) is 11.8 Å². The first-order chi connectivity index (χ1) is 8.63. The summed E-state index contributed by atoms with van der Waals surface area (Å²) in [5.74, 6) is 1.66. The lowest BCUT2D eigenvalue weighted by Crippen LogP contribution is -2.11. The monoisotopic (exact) mass is 271 g/mol. The SMILES string of the molecule is COCc1cc(CSCC2(CC(=O)O)CC2)no1. The lowest BCUT2D eigenvalue weighted by atomic mass is 10.1. The Hall–Kier alpha value is -1.01. The van der Waals surface area contributed by atoms with E-state index in [1.165, 1.54) is 0 Å². The zero-order valence-corrected chi connectivity index (χ0v) is 11.2. The van der Waals surface area contributed by atoms with Crippen LogP contribution in [0.3, 0.4) is 0 Å². The molecule has 2 rings (SSSR count). The van der Waals surface area contributed by atoms with E-state index in [0.717, 1.165) is 35.8 Å². The fourth-order valence-corrected chi connectivity index (χ4v) is 3.15. The van der Waals surface area contributed by atoms with Gasteiger partial charge in [-0.3, -0.25) is 4.79 Å². The Balaban J connectivity index is 1.73. The van der Waals surface area contributed by atoms with Gasteiger partial charge in [-0.15, -0.1) is 0 Å². The first-order valence-electron chi connectivity index (χ1n) is 5.86. The second kappa shape index (κ2) is 5.75. The van der Waals surface area contributed by atoms with Crippen molar-refractivity contribution in [3.63, 3.8) is 0 Å². The van der Waals surface area contributed by atoms with Crippen molar-refractivity contribution < 1.29 is 19.2 Å².